The quantitative estimate of drug-likeness (QED) is 0.699. The summed E-state index contributed by atoms with van der Waals surface area (Å²) < 4.78 is 4.93. The van der Waals surface area contributed by atoms with Crippen LogP contribution < -0.4 is 10.4 Å². The van der Waals surface area contributed by atoms with E-state index in [1.54, 1.807) is 26.8 Å². The maximum absolute atomic E-state index is 11.3. The van der Waals surface area contributed by atoms with Gasteiger partial charge < -0.3 is 20.0 Å². The average Bonchev–Trinajstić information content (AvgIpc) is 2.08. The molecule has 0 rings (SSSR count). The van der Waals surface area contributed by atoms with E-state index in [1.807, 2.05) is 0 Å². The molecule has 5 heteroatoms. The molecule has 0 bridgehead atoms. The van der Waals surface area contributed by atoms with Crippen molar-refractivity contribution in [2.45, 2.75) is 45.3 Å². The lowest BCUT2D eigenvalue weighted by Gasteiger charge is -2.23. The Morgan fingerprint density at radius 1 is 1.50 bits per heavy atom. The van der Waals surface area contributed by atoms with Gasteiger partial charge in [-0.15, -0.1) is 6.58 Å². The van der Waals surface area contributed by atoms with Crippen LogP contribution >= 0.6 is 0 Å². The number of amides is 1. The highest BCUT2D eigenvalue weighted by Crippen LogP contribution is 2.07. The Morgan fingerprint density at radius 3 is 2.44 bits per heavy atom. The van der Waals surface area contributed by atoms with Crippen molar-refractivity contribution < 1.29 is 19.4 Å². The molecule has 0 aliphatic carbocycles. The number of nitrogens with one attached hydrogen (secondary N) is 1. The highest BCUT2D eigenvalue weighted by molar-refractivity contribution is 5.78. The first-order chi connectivity index (χ1) is 7.26. The van der Waals surface area contributed by atoms with E-state index in [9.17, 15) is 14.7 Å². The largest absolute Gasteiger partial charge is 0.548 e. The van der Waals surface area contributed by atoms with Crippen LogP contribution in [-0.4, -0.2) is 23.7 Å². The van der Waals surface area contributed by atoms with Gasteiger partial charge in [0.15, 0.2) is 0 Å². The molecule has 0 heterocycles. The van der Waals surface area contributed by atoms with Crippen LogP contribution in [-0.2, 0) is 9.53 Å². The first kappa shape index (κ1) is 14.5. The number of allylic oxidation sites excluding steroid dienone is 1. The minimum Gasteiger partial charge on any atom is -0.548 e. The molecule has 0 aliphatic rings. The van der Waals surface area contributed by atoms with Crippen LogP contribution in [0.1, 0.15) is 33.6 Å². The number of hydrogen-bond donors (Lipinski definition) is 1. The van der Waals surface area contributed by atoms with Crippen molar-refractivity contribution in [1.82, 2.24) is 5.32 Å². The molecule has 5 nitrogen and oxygen atoms in total. The number of hydrogen-bond acceptors (Lipinski definition) is 4. The molecule has 92 valence electrons. The van der Waals surface area contributed by atoms with Crippen molar-refractivity contribution >= 4 is 12.1 Å². The predicted octanol–water partition coefficient (Wildman–Crippen LogP) is 0.596. The Labute approximate surface area is 95.5 Å². The fraction of sp³-hybridized carbons (Fsp3) is 0.636. The lowest BCUT2D eigenvalue weighted by molar-refractivity contribution is -0.308. The summed E-state index contributed by atoms with van der Waals surface area (Å²) in [5.41, 5.74) is -0.654. The highest BCUT2D eigenvalue weighted by Gasteiger charge is 2.19. The predicted molar refractivity (Wildman–Crippen MR) is 57.6 cm³/mol. The van der Waals surface area contributed by atoms with Gasteiger partial charge in [0.05, 0.1) is 12.0 Å². The van der Waals surface area contributed by atoms with Gasteiger partial charge >= 0.3 is 6.09 Å². The van der Waals surface area contributed by atoms with Crippen molar-refractivity contribution in [3.8, 4) is 0 Å². The maximum atomic E-state index is 11.3. The minimum atomic E-state index is -1.33. The summed E-state index contributed by atoms with van der Waals surface area (Å²) in [6, 6.07) is -1.05. The number of ether oxygens (including phenoxy) is 1. The number of carboxylic acid groups (broad SMARTS) is 1. The molecule has 0 aromatic carbocycles. The van der Waals surface area contributed by atoms with E-state index in [4.69, 9.17) is 4.74 Å². The summed E-state index contributed by atoms with van der Waals surface area (Å²) in [6.07, 6.45) is 1.54. The Bertz CT molecular complexity index is 268. The van der Waals surface area contributed by atoms with Crippen molar-refractivity contribution in [3.63, 3.8) is 0 Å². The Hall–Kier alpha value is -1.52. The second-order valence-corrected chi connectivity index (χ2v) is 4.38. The molecule has 0 radical (unpaired) electrons. The third-order valence-electron chi connectivity index (χ3n) is 1.63. The summed E-state index contributed by atoms with van der Waals surface area (Å²) in [5.74, 6) is -1.33. The van der Waals surface area contributed by atoms with E-state index in [0.29, 0.717) is 6.42 Å². The van der Waals surface area contributed by atoms with E-state index in [1.165, 1.54) is 0 Å². The van der Waals surface area contributed by atoms with Gasteiger partial charge in [-0.25, -0.2) is 4.79 Å². The van der Waals surface area contributed by atoms with Gasteiger partial charge in [0.2, 0.25) is 0 Å². The fourth-order valence-corrected chi connectivity index (χ4v) is 0.983. The van der Waals surface area contributed by atoms with Crippen LogP contribution in [0, 0.1) is 0 Å². The monoisotopic (exact) mass is 228 g/mol. The molecule has 1 N–H and O–H groups in total. The molecular weight excluding hydrogens is 210 g/mol. The van der Waals surface area contributed by atoms with Crippen LogP contribution in [0.25, 0.3) is 0 Å². The first-order valence-corrected chi connectivity index (χ1v) is 5.07. The molecule has 0 saturated carbocycles. The molecule has 0 saturated heterocycles. The van der Waals surface area contributed by atoms with Gasteiger partial charge in [0.25, 0.3) is 0 Å². The second-order valence-electron chi connectivity index (χ2n) is 4.38. The van der Waals surface area contributed by atoms with E-state index < -0.39 is 23.7 Å². The third-order valence-corrected chi connectivity index (χ3v) is 1.63. The van der Waals surface area contributed by atoms with E-state index >= 15 is 0 Å². The lowest BCUT2D eigenvalue weighted by Crippen LogP contribution is -2.49. The highest BCUT2D eigenvalue weighted by atomic mass is 16.6. The molecule has 0 spiro atoms. The SMILES string of the molecule is C=CCCC(NC(=O)OC(C)(C)C)C(=O)[O-]. The van der Waals surface area contributed by atoms with Gasteiger partial charge in [0.1, 0.15) is 5.60 Å². The molecule has 0 aliphatic heterocycles. The van der Waals surface area contributed by atoms with Crippen LogP contribution in [0.15, 0.2) is 12.7 Å². The number of carboxylic acids is 1. The Morgan fingerprint density at radius 2 is 2.06 bits per heavy atom. The van der Waals surface area contributed by atoms with Crippen LogP contribution in [0.5, 0.6) is 0 Å². The van der Waals surface area contributed by atoms with Crippen molar-refractivity contribution in [1.29, 1.82) is 0 Å². The number of alkyl carbamates (subject to hydrolysis) is 1. The van der Waals surface area contributed by atoms with Gasteiger partial charge in [0, 0.05) is 0 Å². The van der Waals surface area contributed by atoms with E-state index in [-0.39, 0.29) is 6.42 Å². The topological polar surface area (TPSA) is 78.5 Å². The van der Waals surface area contributed by atoms with Crippen LogP contribution in [0.4, 0.5) is 4.79 Å². The molecule has 1 atom stereocenters. The van der Waals surface area contributed by atoms with Crippen LogP contribution in [0.3, 0.4) is 0 Å². The molecule has 1 amide bonds. The third kappa shape index (κ3) is 6.86. The van der Waals surface area contributed by atoms with Crippen molar-refractivity contribution in [2.24, 2.45) is 0 Å². The van der Waals surface area contributed by atoms with Crippen LogP contribution in [0.2, 0.25) is 0 Å². The maximum Gasteiger partial charge on any atom is 0.408 e. The molecule has 16 heavy (non-hydrogen) atoms. The Kier molecular flexibility index (Phi) is 5.56. The molecule has 1 unspecified atom stereocenters. The van der Waals surface area contributed by atoms with Crippen molar-refractivity contribution in [3.05, 3.63) is 12.7 Å². The van der Waals surface area contributed by atoms with Gasteiger partial charge in [-0.05, 0) is 33.6 Å². The number of carbonyl (C=O) groups is 2. The van der Waals surface area contributed by atoms with E-state index in [0.717, 1.165) is 0 Å². The molecule has 0 aromatic rings. The standard InChI is InChI=1S/C11H19NO4/c1-5-6-7-8(9(13)14)12-10(15)16-11(2,3)4/h5,8H,1,6-7H2,2-4H3,(H,12,15)(H,13,14)/p-1. The normalized spacial score (nSPS) is 12.7. The summed E-state index contributed by atoms with van der Waals surface area (Å²) in [7, 11) is 0. The van der Waals surface area contributed by atoms with Gasteiger partial charge in [-0.2, -0.15) is 0 Å². The number of carbonyl (C=O) groups excluding carboxylic acids is 2. The van der Waals surface area contributed by atoms with Gasteiger partial charge in [-0.1, -0.05) is 6.08 Å². The summed E-state index contributed by atoms with van der Waals surface area (Å²) in [5, 5.41) is 12.9. The minimum absolute atomic E-state index is 0.241. The average molecular weight is 228 g/mol. The molecule has 0 fully saturated rings. The fourth-order valence-electron chi connectivity index (χ4n) is 0.983. The zero-order valence-electron chi connectivity index (χ0n) is 9.91. The summed E-state index contributed by atoms with van der Waals surface area (Å²) in [4.78, 5) is 22.0. The first-order valence-electron chi connectivity index (χ1n) is 5.07. The lowest BCUT2D eigenvalue weighted by atomic mass is 10.1. The van der Waals surface area contributed by atoms with Crippen molar-refractivity contribution in [2.75, 3.05) is 0 Å². The number of aliphatic carboxylic acids is 1. The zero-order valence-corrected chi connectivity index (χ0v) is 9.91. The second kappa shape index (κ2) is 6.15. The Balaban J connectivity index is 4.23. The number of rotatable bonds is 5. The molecular formula is C11H18NO4-. The van der Waals surface area contributed by atoms with Gasteiger partial charge in [-0.3, -0.25) is 0 Å². The smallest absolute Gasteiger partial charge is 0.408 e. The van der Waals surface area contributed by atoms with E-state index in [2.05, 4.69) is 11.9 Å². The summed E-state index contributed by atoms with van der Waals surface area (Å²) >= 11 is 0. The molecule has 0 aromatic heterocycles. The summed E-state index contributed by atoms with van der Waals surface area (Å²) in [6.45, 7) is 8.57. The zero-order chi connectivity index (χ0) is 12.8.